The van der Waals surface area contributed by atoms with Crippen molar-refractivity contribution >= 4 is 23.0 Å². The first-order valence-corrected chi connectivity index (χ1v) is 8.51. The molecule has 0 saturated heterocycles. The number of hydrogen-bond acceptors (Lipinski definition) is 3. The fourth-order valence-corrected chi connectivity index (χ4v) is 3.17. The minimum Gasteiger partial charge on any atom is -0.341 e. The predicted octanol–water partition coefficient (Wildman–Crippen LogP) is 5.38. The number of anilines is 2. The molecular formula is C20H19ClN4. The Bertz CT molecular complexity index is 953. The Kier molecular flexibility index (Phi) is 4.78. The zero-order valence-corrected chi connectivity index (χ0v) is 15.2. The summed E-state index contributed by atoms with van der Waals surface area (Å²) < 4.78 is 0. The summed E-state index contributed by atoms with van der Waals surface area (Å²) in [6.07, 6.45) is 1.83. The zero-order chi connectivity index (χ0) is 18.0. The van der Waals surface area contributed by atoms with Crippen LogP contribution in [-0.2, 0) is 0 Å². The molecule has 0 saturated carbocycles. The van der Waals surface area contributed by atoms with Gasteiger partial charge in [0.2, 0.25) is 0 Å². The second kappa shape index (κ2) is 7.00. The highest BCUT2D eigenvalue weighted by Crippen LogP contribution is 2.34. The second-order valence-corrected chi connectivity index (χ2v) is 6.36. The van der Waals surface area contributed by atoms with Gasteiger partial charge < -0.3 is 4.90 Å². The van der Waals surface area contributed by atoms with Gasteiger partial charge in [-0.2, -0.15) is 10.4 Å². The standard InChI is InChI=1S/C20H19ClN4/c1-4-25(17-8-7-16(11-22)18(21)10-17)19-9-15(6-5-13(19)2)20-14(3)12-23-24-20/h5-10,12H,4H2,1-3H3,(H,23,24). The fraction of sp³-hybridized carbons (Fsp3) is 0.200. The van der Waals surface area contributed by atoms with Crippen molar-refractivity contribution in [1.82, 2.24) is 10.2 Å². The third-order valence-corrected chi connectivity index (χ3v) is 4.63. The van der Waals surface area contributed by atoms with E-state index in [2.05, 4.69) is 53.2 Å². The van der Waals surface area contributed by atoms with Gasteiger partial charge in [0.15, 0.2) is 0 Å². The quantitative estimate of drug-likeness (QED) is 0.687. The maximum Gasteiger partial charge on any atom is 0.101 e. The van der Waals surface area contributed by atoms with Crippen molar-refractivity contribution in [3.8, 4) is 17.3 Å². The number of nitrogens with one attached hydrogen (secondary N) is 1. The first-order chi connectivity index (χ1) is 12.0. The molecule has 126 valence electrons. The van der Waals surface area contributed by atoms with Gasteiger partial charge in [-0.1, -0.05) is 23.7 Å². The summed E-state index contributed by atoms with van der Waals surface area (Å²) in [5.74, 6) is 0. The lowest BCUT2D eigenvalue weighted by Crippen LogP contribution is -2.17. The van der Waals surface area contributed by atoms with Crippen LogP contribution in [0.5, 0.6) is 0 Å². The molecule has 0 spiro atoms. The van der Waals surface area contributed by atoms with Crippen molar-refractivity contribution in [2.45, 2.75) is 20.8 Å². The Balaban J connectivity index is 2.08. The average Bonchev–Trinajstić information content (AvgIpc) is 3.03. The Hall–Kier alpha value is -2.77. The minimum atomic E-state index is 0.469. The van der Waals surface area contributed by atoms with Crippen molar-refractivity contribution in [1.29, 1.82) is 5.26 Å². The second-order valence-electron chi connectivity index (χ2n) is 5.95. The van der Waals surface area contributed by atoms with Gasteiger partial charge >= 0.3 is 0 Å². The summed E-state index contributed by atoms with van der Waals surface area (Å²) in [5, 5.41) is 16.7. The molecule has 2 aromatic carbocycles. The van der Waals surface area contributed by atoms with E-state index < -0.39 is 0 Å². The summed E-state index contributed by atoms with van der Waals surface area (Å²) in [6.45, 7) is 7.01. The lowest BCUT2D eigenvalue weighted by Gasteiger charge is -2.26. The lowest BCUT2D eigenvalue weighted by molar-refractivity contribution is 1.01. The highest BCUT2D eigenvalue weighted by Gasteiger charge is 2.14. The van der Waals surface area contributed by atoms with E-state index in [4.69, 9.17) is 16.9 Å². The average molecular weight is 351 g/mol. The van der Waals surface area contributed by atoms with E-state index in [-0.39, 0.29) is 0 Å². The van der Waals surface area contributed by atoms with Gasteiger partial charge in [0.05, 0.1) is 22.5 Å². The van der Waals surface area contributed by atoms with Crippen LogP contribution in [0.2, 0.25) is 5.02 Å². The number of nitriles is 1. The summed E-state index contributed by atoms with van der Waals surface area (Å²) >= 11 is 6.23. The highest BCUT2D eigenvalue weighted by atomic mass is 35.5. The van der Waals surface area contributed by atoms with E-state index in [9.17, 15) is 0 Å². The number of rotatable bonds is 4. The molecule has 25 heavy (non-hydrogen) atoms. The molecule has 0 amide bonds. The summed E-state index contributed by atoms with van der Waals surface area (Å²) in [6, 6.07) is 14.0. The van der Waals surface area contributed by atoms with Crippen molar-refractivity contribution in [2.75, 3.05) is 11.4 Å². The molecule has 1 aromatic heterocycles. The first kappa shape index (κ1) is 17.1. The molecule has 0 aliphatic carbocycles. The minimum absolute atomic E-state index is 0.469. The van der Waals surface area contributed by atoms with E-state index in [0.29, 0.717) is 10.6 Å². The molecule has 0 unspecified atom stereocenters. The highest BCUT2D eigenvalue weighted by molar-refractivity contribution is 6.32. The van der Waals surface area contributed by atoms with Gasteiger partial charge in [0.25, 0.3) is 0 Å². The molecule has 3 rings (SSSR count). The van der Waals surface area contributed by atoms with Crippen LogP contribution in [0.1, 0.15) is 23.6 Å². The lowest BCUT2D eigenvalue weighted by atomic mass is 10.0. The number of hydrogen-bond donors (Lipinski definition) is 1. The largest absolute Gasteiger partial charge is 0.341 e. The molecule has 0 aliphatic heterocycles. The number of aromatic nitrogens is 2. The van der Waals surface area contributed by atoms with E-state index in [1.165, 1.54) is 5.56 Å². The van der Waals surface area contributed by atoms with Crippen LogP contribution < -0.4 is 4.90 Å². The van der Waals surface area contributed by atoms with Gasteiger partial charge in [-0.3, -0.25) is 5.10 Å². The van der Waals surface area contributed by atoms with Crippen LogP contribution in [0.15, 0.2) is 42.6 Å². The Morgan fingerprint density at radius 1 is 1.16 bits per heavy atom. The molecular weight excluding hydrogens is 332 g/mol. The Labute approximate surface area is 152 Å². The van der Waals surface area contributed by atoms with Crippen molar-refractivity contribution in [3.63, 3.8) is 0 Å². The number of nitrogens with zero attached hydrogens (tertiary/aromatic N) is 3. The zero-order valence-electron chi connectivity index (χ0n) is 14.5. The number of halogens is 1. The van der Waals surface area contributed by atoms with E-state index in [1.807, 2.05) is 25.3 Å². The van der Waals surface area contributed by atoms with Gasteiger partial charge in [0.1, 0.15) is 6.07 Å². The number of aromatic amines is 1. The SMILES string of the molecule is CCN(c1ccc(C#N)c(Cl)c1)c1cc(-c2[nH]ncc2C)ccc1C. The molecule has 0 atom stereocenters. The Morgan fingerprint density at radius 3 is 2.56 bits per heavy atom. The molecule has 1 N–H and O–H groups in total. The molecule has 1 heterocycles. The molecule has 5 heteroatoms. The predicted molar refractivity (Wildman–Crippen MR) is 102 cm³/mol. The molecule has 4 nitrogen and oxygen atoms in total. The van der Waals surface area contributed by atoms with Crippen molar-refractivity contribution in [3.05, 3.63) is 64.3 Å². The van der Waals surface area contributed by atoms with Gasteiger partial charge in [0, 0.05) is 23.5 Å². The third-order valence-electron chi connectivity index (χ3n) is 4.32. The monoisotopic (exact) mass is 350 g/mol. The van der Waals surface area contributed by atoms with E-state index in [1.54, 1.807) is 6.07 Å². The molecule has 0 aliphatic rings. The summed E-state index contributed by atoms with van der Waals surface area (Å²) in [5.41, 5.74) is 6.95. The van der Waals surface area contributed by atoms with E-state index >= 15 is 0 Å². The first-order valence-electron chi connectivity index (χ1n) is 8.13. The molecule has 3 aromatic rings. The van der Waals surface area contributed by atoms with Gasteiger partial charge in [-0.15, -0.1) is 0 Å². The normalized spacial score (nSPS) is 10.5. The van der Waals surface area contributed by atoms with Crippen molar-refractivity contribution in [2.24, 2.45) is 0 Å². The summed E-state index contributed by atoms with van der Waals surface area (Å²) in [7, 11) is 0. The third kappa shape index (κ3) is 3.24. The smallest absolute Gasteiger partial charge is 0.101 e. The fourth-order valence-electron chi connectivity index (χ4n) is 2.95. The van der Waals surface area contributed by atoms with Crippen LogP contribution in [0, 0.1) is 25.2 Å². The van der Waals surface area contributed by atoms with E-state index in [0.717, 1.165) is 34.7 Å². The molecule has 0 fully saturated rings. The maximum atomic E-state index is 9.08. The van der Waals surface area contributed by atoms with Crippen LogP contribution in [0.25, 0.3) is 11.3 Å². The van der Waals surface area contributed by atoms with Gasteiger partial charge in [-0.25, -0.2) is 0 Å². The van der Waals surface area contributed by atoms with Crippen LogP contribution >= 0.6 is 11.6 Å². The number of aryl methyl sites for hydroxylation is 2. The van der Waals surface area contributed by atoms with Crippen LogP contribution in [0.4, 0.5) is 11.4 Å². The number of H-pyrrole nitrogens is 1. The summed E-state index contributed by atoms with van der Waals surface area (Å²) in [4.78, 5) is 2.19. The van der Waals surface area contributed by atoms with Crippen molar-refractivity contribution < 1.29 is 0 Å². The Morgan fingerprint density at radius 2 is 1.96 bits per heavy atom. The maximum absolute atomic E-state index is 9.08. The molecule has 0 radical (unpaired) electrons. The topological polar surface area (TPSA) is 55.7 Å². The molecule has 0 bridgehead atoms. The number of benzene rings is 2. The van der Waals surface area contributed by atoms with Gasteiger partial charge in [-0.05, 0) is 56.2 Å². The van der Waals surface area contributed by atoms with Crippen LogP contribution in [0.3, 0.4) is 0 Å². The van der Waals surface area contributed by atoms with Crippen LogP contribution in [-0.4, -0.2) is 16.7 Å².